The number of sulfonamides is 1. The number of nitrogens with zero attached hydrogens (tertiary/aromatic N) is 2. The summed E-state index contributed by atoms with van der Waals surface area (Å²) in [6.07, 6.45) is 3.49. The third-order valence-electron chi connectivity index (χ3n) is 3.68. The molecule has 2 atom stereocenters. The minimum atomic E-state index is -3.13. The van der Waals surface area contributed by atoms with Crippen molar-refractivity contribution in [2.45, 2.75) is 12.8 Å². The molecular formula is C13H20N2O3S. The Morgan fingerprint density at radius 1 is 1.37 bits per heavy atom. The summed E-state index contributed by atoms with van der Waals surface area (Å²) < 4.78 is 30.8. The molecule has 19 heavy (non-hydrogen) atoms. The van der Waals surface area contributed by atoms with E-state index >= 15 is 0 Å². The van der Waals surface area contributed by atoms with Gasteiger partial charge in [0, 0.05) is 44.4 Å². The minimum absolute atomic E-state index is 0.149. The van der Waals surface area contributed by atoms with Crippen LogP contribution in [0.2, 0.25) is 0 Å². The third-order valence-corrected chi connectivity index (χ3v) is 5.50. The standard InChI is InChI=1S/C13H20N2O3S/c1-3-19(16,17)15-8-12(10-18-2)13(9-15)11-4-6-14-7-5-11/h4-7,12-13H,3,8-10H2,1-2H3/t12-,13-/m0/s1. The van der Waals surface area contributed by atoms with E-state index in [1.807, 2.05) is 12.1 Å². The zero-order chi connectivity index (χ0) is 13.9. The van der Waals surface area contributed by atoms with Crippen molar-refractivity contribution in [3.05, 3.63) is 30.1 Å². The Labute approximate surface area is 114 Å². The first-order chi connectivity index (χ1) is 9.08. The maximum absolute atomic E-state index is 12.0. The number of methoxy groups -OCH3 is 1. The fourth-order valence-electron chi connectivity index (χ4n) is 2.61. The van der Waals surface area contributed by atoms with Gasteiger partial charge in [-0.1, -0.05) is 0 Å². The van der Waals surface area contributed by atoms with E-state index in [9.17, 15) is 8.42 Å². The van der Waals surface area contributed by atoms with Gasteiger partial charge in [0.1, 0.15) is 0 Å². The van der Waals surface area contributed by atoms with E-state index in [2.05, 4.69) is 4.98 Å². The Morgan fingerprint density at radius 3 is 2.63 bits per heavy atom. The van der Waals surface area contributed by atoms with E-state index in [4.69, 9.17) is 4.74 Å². The largest absolute Gasteiger partial charge is 0.384 e. The summed E-state index contributed by atoms with van der Waals surface area (Å²) in [4.78, 5) is 4.01. The van der Waals surface area contributed by atoms with Gasteiger partial charge in [-0.05, 0) is 24.6 Å². The number of pyridine rings is 1. The molecular weight excluding hydrogens is 264 g/mol. The number of rotatable bonds is 5. The molecule has 2 heterocycles. The quantitative estimate of drug-likeness (QED) is 0.812. The number of aromatic nitrogens is 1. The van der Waals surface area contributed by atoms with Gasteiger partial charge in [0.2, 0.25) is 10.0 Å². The second-order valence-electron chi connectivity index (χ2n) is 4.82. The van der Waals surface area contributed by atoms with Crippen molar-refractivity contribution in [1.29, 1.82) is 0 Å². The molecule has 1 fully saturated rings. The van der Waals surface area contributed by atoms with E-state index in [0.29, 0.717) is 19.7 Å². The summed E-state index contributed by atoms with van der Waals surface area (Å²) in [7, 11) is -1.47. The first kappa shape index (κ1) is 14.4. The lowest BCUT2D eigenvalue weighted by Gasteiger charge is -2.17. The number of hydrogen-bond acceptors (Lipinski definition) is 4. The van der Waals surface area contributed by atoms with Crippen molar-refractivity contribution in [2.24, 2.45) is 5.92 Å². The molecule has 0 unspecified atom stereocenters. The molecule has 1 aliphatic rings. The van der Waals surface area contributed by atoms with E-state index in [1.165, 1.54) is 0 Å². The van der Waals surface area contributed by atoms with Crippen LogP contribution in [0.3, 0.4) is 0 Å². The fourth-order valence-corrected chi connectivity index (χ4v) is 3.78. The van der Waals surface area contributed by atoms with Gasteiger partial charge < -0.3 is 4.74 Å². The summed E-state index contributed by atoms with van der Waals surface area (Å²) in [5.41, 5.74) is 1.13. The monoisotopic (exact) mass is 284 g/mol. The van der Waals surface area contributed by atoms with Crippen molar-refractivity contribution in [2.75, 3.05) is 32.6 Å². The second kappa shape index (κ2) is 5.98. The molecule has 1 aliphatic heterocycles. The van der Waals surface area contributed by atoms with Crippen molar-refractivity contribution in [3.63, 3.8) is 0 Å². The zero-order valence-corrected chi connectivity index (χ0v) is 12.1. The smallest absolute Gasteiger partial charge is 0.213 e. The van der Waals surface area contributed by atoms with E-state index in [-0.39, 0.29) is 17.6 Å². The molecule has 0 aliphatic carbocycles. The minimum Gasteiger partial charge on any atom is -0.384 e. The van der Waals surface area contributed by atoms with Crippen molar-refractivity contribution < 1.29 is 13.2 Å². The predicted molar refractivity (Wildman–Crippen MR) is 73.4 cm³/mol. The highest BCUT2D eigenvalue weighted by Gasteiger charge is 2.38. The molecule has 2 rings (SSSR count). The van der Waals surface area contributed by atoms with Crippen LogP contribution in [0.4, 0.5) is 0 Å². The Hall–Kier alpha value is -0.980. The van der Waals surface area contributed by atoms with Crippen LogP contribution in [0.15, 0.2) is 24.5 Å². The van der Waals surface area contributed by atoms with Crippen molar-refractivity contribution >= 4 is 10.0 Å². The van der Waals surface area contributed by atoms with Crippen LogP contribution in [0.5, 0.6) is 0 Å². The van der Waals surface area contributed by atoms with Crippen LogP contribution in [-0.4, -0.2) is 50.3 Å². The Kier molecular flexibility index (Phi) is 4.54. The van der Waals surface area contributed by atoms with Crippen LogP contribution in [0.1, 0.15) is 18.4 Å². The summed E-state index contributed by atoms with van der Waals surface area (Å²) in [5.74, 6) is 0.536. The van der Waals surface area contributed by atoms with Gasteiger partial charge in [-0.2, -0.15) is 0 Å². The molecule has 1 saturated heterocycles. The molecule has 0 N–H and O–H groups in total. The van der Waals surface area contributed by atoms with Crippen molar-refractivity contribution in [3.8, 4) is 0 Å². The number of hydrogen-bond donors (Lipinski definition) is 0. The molecule has 1 aromatic rings. The van der Waals surface area contributed by atoms with Gasteiger partial charge >= 0.3 is 0 Å². The lowest BCUT2D eigenvalue weighted by molar-refractivity contribution is 0.151. The molecule has 0 radical (unpaired) electrons. The molecule has 0 bridgehead atoms. The van der Waals surface area contributed by atoms with Gasteiger partial charge in [0.05, 0.1) is 12.4 Å². The Morgan fingerprint density at radius 2 is 2.05 bits per heavy atom. The lowest BCUT2D eigenvalue weighted by atomic mass is 9.90. The van der Waals surface area contributed by atoms with E-state index in [0.717, 1.165) is 5.56 Å². The molecule has 6 heteroatoms. The molecule has 1 aromatic heterocycles. The average Bonchev–Trinajstić information content (AvgIpc) is 2.85. The maximum Gasteiger partial charge on any atom is 0.213 e. The summed E-state index contributed by atoms with van der Waals surface area (Å²) >= 11 is 0. The SMILES string of the molecule is CCS(=O)(=O)N1C[C@@H](COC)[C@H](c2ccncc2)C1. The van der Waals surface area contributed by atoms with Gasteiger partial charge in [-0.25, -0.2) is 12.7 Å². The maximum atomic E-state index is 12.0. The topological polar surface area (TPSA) is 59.5 Å². The Balaban J connectivity index is 2.22. The van der Waals surface area contributed by atoms with Crippen LogP contribution in [0, 0.1) is 5.92 Å². The van der Waals surface area contributed by atoms with E-state index < -0.39 is 10.0 Å². The van der Waals surface area contributed by atoms with Gasteiger partial charge in [0.25, 0.3) is 0 Å². The first-order valence-electron chi connectivity index (χ1n) is 6.45. The van der Waals surface area contributed by atoms with Gasteiger partial charge in [-0.15, -0.1) is 0 Å². The highest BCUT2D eigenvalue weighted by molar-refractivity contribution is 7.89. The molecule has 0 spiro atoms. The highest BCUT2D eigenvalue weighted by atomic mass is 32.2. The second-order valence-corrected chi connectivity index (χ2v) is 7.08. The molecule has 0 amide bonds. The zero-order valence-electron chi connectivity index (χ0n) is 11.3. The lowest BCUT2D eigenvalue weighted by Crippen LogP contribution is -2.30. The molecule has 5 nitrogen and oxygen atoms in total. The average molecular weight is 284 g/mol. The van der Waals surface area contributed by atoms with Gasteiger partial charge in [0.15, 0.2) is 0 Å². The van der Waals surface area contributed by atoms with Gasteiger partial charge in [-0.3, -0.25) is 4.98 Å². The van der Waals surface area contributed by atoms with Crippen LogP contribution < -0.4 is 0 Å². The third kappa shape index (κ3) is 3.13. The number of ether oxygens (including phenoxy) is 1. The normalized spacial score (nSPS) is 24.7. The van der Waals surface area contributed by atoms with E-state index in [1.54, 1.807) is 30.7 Å². The molecule has 0 saturated carbocycles. The molecule has 0 aromatic carbocycles. The van der Waals surface area contributed by atoms with Crippen LogP contribution in [-0.2, 0) is 14.8 Å². The van der Waals surface area contributed by atoms with Crippen molar-refractivity contribution in [1.82, 2.24) is 9.29 Å². The highest BCUT2D eigenvalue weighted by Crippen LogP contribution is 2.34. The summed E-state index contributed by atoms with van der Waals surface area (Å²) in [5, 5.41) is 0. The van der Waals surface area contributed by atoms with Crippen LogP contribution in [0.25, 0.3) is 0 Å². The summed E-state index contributed by atoms with van der Waals surface area (Å²) in [6.45, 7) is 3.33. The Bertz CT molecular complexity index is 504. The predicted octanol–water partition coefficient (Wildman–Crippen LogP) is 1.09. The summed E-state index contributed by atoms with van der Waals surface area (Å²) in [6, 6.07) is 3.91. The molecule has 106 valence electrons. The fraction of sp³-hybridized carbons (Fsp3) is 0.615. The van der Waals surface area contributed by atoms with Crippen LogP contribution >= 0.6 is 0 Å². The first-order valence-corrected chi connectivity index (χ1v) is 8.06.